The van der Waals surface area contributed by atoms with Crippen molar-refractivity contribution in [3.05, 3.63) is 0 Å². The molecule has 1 heterocycles. The number of hydrogen-bond acceptors (Lipinski definition) is 2. The second kappa shape index (κ2) is 2.46. The summed E-state index contributed by atoms with van der Waals surface area (Å²) in [6, 6.07) is 0. The van der Waals surface area contributed by atoms with Crippen LogP contribution in [0.2, 0.25) is 0 Å². The first-order chi connectivity index (χ1) is 5.21. The van der Waals surface area contributed by atoms with Crippen LogP contribution in [-0.2, 0) is 4.74 Å². The molecule has 2 fully saturated rings. The van der Waals surface area contributed by atoms with Crippen molar-refractivity contribution in [1.29, 1.82) is 0 Å². The molecular formula is C9H16O2. The van der Waals surface area contributed by atoms with E-state index in [2.05, 4.69) is 0 Å². The number of hydrogen-bond donors (Lipinski definition) is 1. The van der Waals surface area contributed by atoms with Gasteiger partial charge < -0.3 is 9.84 Å². The molecule has 0 aromatic carbocycles. The zero-order valence-electron chi connectivity index (χ0n) is 7.05. The van der Waals surface area contributed by atoms with Crippen LogP contribution in [0.4, 0.5) is 0 Å². The number of rotatable bonds is 2. The fraction of sp³-hybridized carbons (Fsp3) is 1.00. The monoisotopic (exact) mass is 156 g/mol. The van der Waals surface area contributed by atoms with E-state index in [0.29, 0.717) is 0 Å². The third-order valence-corrected chi connectivity index (χ3v) is 3.00. The molecule has 1 saturated heterocycles. The summed E-state index contributed by atoms with van der Waals surface area (Å²) in [5.41, 5.74) is -0.485. The van der Waals surface area contributed by atoms with Gasteiger partial charge in [-0.2, -0.15) is 0 Å². The van der Waals surface area contributed by atoms with E-state index in [1.165, 1.54) is 12.8 Å². The van der Waals surface area contributed by atoms with E-state index in [9.17, 15) is 5.11 Å². The minimum absolute atomic E-state index is 0.0584. The van der Waals surface area contributed by atoms with Crippen LogP contribution in [-0.4, -0.2) is 23.4 Å². The van der Waals surface area contributed by atoms with Crippen LogP contribution in [0.5, 0.6) is 0 Å². The lowest BCUT2D eigenvalue weighted by molar-refractivity contribution is -0.0366. The predicted molar refractivity (Wildman–Crippen MR) is 42.3 cm³/mol. The van der Waals surface area contributed by atoms with E-state index >= 15 is 0 Å². The first-order valence-electron chi connectivity index (χ1n) is 4.55. The Morgan fingerprint density at radius 2 is 2.27 bits per heavy atom. The Morgan fingerprint density at radius 1 is 1.55 bits per heavy atom. The molecule has 1 saturated carbocycles. The molecule has 2 aliphatic rings. The van der Waals surface area contributed by atoms with Crippen molar-refractivity contribution in [2.24, 2.45) is 5.92 Å². The molecule has 2 atom stereocenters. The Bertz CT molecular complexity index is 154. The second-order valence-electron chi connectivity index (χ2n) is 4.01. The fourth-order valence-corrected chi connectivity index (χ4v) is 1.86. The molecule has 2 rings (SSSR count). The normalized spacial score (nSPS) is 44.7. The molecule has 0 bridgehead atoms. The molecule has 64 valence electrons. The van der Waals surface area contributed by atoms with E-state index in [4.69, 9.17) is 4.74 Å². The SMILES string of the molecule is CC1OCCC1(O)CC1CC1. The van der Waals surface area contributed by atoms with Crippen LogP contribution in [0.15, 0.2) is 0 Å². The van der Waals surface area contributed by atoms with Crippen molar-refractivity contribution >= 4 is 0 Å². The highest BCUT2D eigenvalue weighted by Gasteiger charge is 2.43. The van der Waals surface area contributed by atoms with Crippen molar-refractivity contribution in [2.45, 2.75) is 44.3 Å². The molecular weight excluding hydrogens is 140 g/mol. The molecule has 1 aliphatic carbocycles. The molecule has 0 amide bonds. The highest BCUT2D eigenvalue weighted by atomic mass is 16.5. The van der Waals surface area contributed by atoms with Gasteiger partial charge in [-0.05, 0) is 19.3 Å². The van der Waals surface area contributed by atoms with Crippen LogP contribution in [0.3, 0.4) is 0 Å². The van der Waals surface area contributed by atoms with Crippen molar-refractivity contribution in [2.75, 3.05) is 6.61 Å². The van der Waals surface area contributed by atoms with Crippen molar-refractivity contribution in [3.63, 3.8) is 0 Å². The Hall–Kier alpha value is -0.0800. The molecule has 0 spiro atoms. The van der Waals surface area contributed by atoms with Crippen LogP contribution in [0.25, 0.3) is 0 Å². The smallest absolute Gasteiger partial charge is 0.0930 e. The predicted octanol–water partition coefficient (Wildman–Crippen LogP) is 1.33. The molecule has 2 nitrogen and oxygen atoms in total. The zero-order valence-corrected chi connectivity index (χ0v) is 7.05. The lowest BCUT2D eigenvalue weighted by atomic mass is 9.90. The summed E-state index contributed by atoms with van der Waals surface area (Å²) in [6.45, 7) is 2.72. The largest absolute Gasteiger partial charge is 0.387 e. The Balaban J connectivity index is 1.94. The second-order valence-corrected chi connectivity index (χ2v) is 4.01. The molecule has 2 unspecified atom stereocenters. The van der Waals surface area contributed by atoms with E-state index < -0.39 is 5.60 Å². The lowest BCUT2D eigenvalue weighted by Gasteiger charge is -2.25. The first-order valence-corrected chi connectivity index (χ1v) is 4.55. The van der Waals surface area contributed by atoms with Gasteiger partial charge >= 0.3 is 0 Å². The van der Waals surface area contributed by atoms with Gasteiger partial charge in [0.15, 0.2) is 0 Å². The van der Waals surface area contributed by atoms with Crippen LogP contribution >= 0.6 is 0 Å². The maximum atomic E-state index is 10.0. The first kappa shape index (κ1) is 7.56. The van der Waals surface area contributed by atoms with Gasteiger partial charge in [0.2, 0.25) is 0 Å². The van der Waals surface area contributed by atoms with Gasteiger partial charge in [0.25, 0.3) is 0 Å². The number of aliphatic hydroxyl groups is 1. The Kier molecular flexibility index (Phi) is 1.69. The lowest BCUT2D eigenvalue weighted by Crippen LogP contribution is -2.36. The Labute approximate surface area is 67.6 Å². The molecule has 0 aromatic rings. The Morgan fingerprint density at radius 3 is 2.73 bits per heavy atom. The molecule has 11 heavy (non-hydrogen) atoms. The minimum Gasteiger partial charge on any atom is -0.387 e. The average Bonchev–Trinajstić information content (AvgIpc) is 2.66. The van der Waals surface area contributed by atoms with E-state index in [1.54, 1.807) is 0 Å². The third kappa shape index (κ3) is 1.42. The standard InChI is InChI=1S/C9H16O2/c1-7-9(10,4-5-11-7)6-8-2-3-8/h7-8,10H,2-6H2,1H3. The summed E-state index contributed by atoms with van der Waals surface area (Å²) in [7, 11) is 0. The van der Waals surface area contributed by atoms with Crippen LogP contribution in [0.1, 0.15) is 32.6 Å². The van der Waals surface area contributed by atoms with E-state index in [0.717, 1.165) is 25.4 Å². The van der Waals surface area contributed by atoms with E-state index in [-0.39, 0.29) is 6.10 Å². The molecule has 1 aliphatic heterocycles. The van der Waals surface area contributed by atoms with Gasteiger partial charge in [-0.1, -0.05) is 12.8 Å². The number of ether oxygens (including phenoxy) is 1. The molecule has 2 heteroatoms. The quantitative estimate of drug-likeness (QED) is 0.653. The summed E-state index contributed by atoms with van der Waals surface area (Å²) in [5, 5.41) is 10.0. The zero-order chi connectivity index (χ0) is 7.90. The summed E-state index contributed by atoms with van der Waals surface area (Å²) in [4.78, 5) is 0. The van der Waals surface area contributed by atoms with Gasteiger partial charge in [0.05, 0.1) is 11.7 Å². The summed E-state index contributed by atoms with van der Waals surface area (Å²) in [6.07, 6.45) is 4.49. The average molecular weight is 156 g/mol. The van der Waals surface area contributed by atoms with Gasteiger partial charge in [-0.15, -0.1) is 0 Å². The molecule has 0 aromatic heterocycles. The summed E-state index contributed by atoms with van der Waals surface area (Å²) >= 11 is 0. The van der Waals surface area contributed by atoms with Crippen LogP contribution < -0.4 is 0 Å². The van der Waals surface area contributed by atoms with E-state index in [1.807, 2.05) is 6.92 Å². The van der Waals surface area contributed by atoms with Gasteiger partial charge in [0.1, 0.15) is 0 Å². The van der Waals surface area contributed by atoms with Gasteiger partial charge in [-0.25, -0.2) is 0 Å². The fourth-order valence-electron chi connectivity index (χ4n) is 1.86. The van der Waals surface area contributed by atoms with Crippen molar-refractivity contribution in [1.82, 2.24) is 0 Å². The highest BCUT2D eigenvalue weighted by molar-refractivity contribution is 4.94. The minimum atomic E-state index is -0.485. The summed E-state index contributed by atoms with van der Waals surface area (Å²) in [5.74, 6) is 0.796. The van der Waals surface area contributed by atoms with Gasteiger partial charge in [-0.3, -0.25) is 0 Å². The highest BCUT2D eigenvalue weighted by Crippen LogP contribution is 2.41. The maximum absolute atomic E-state index is 10.0. The third-order valence-electron chi connectivity index (χ3n) is 3.00. The molecule has 0 radical (unpaired) electrons. The topological polar surface area (TPSA) is 29.5 Å². The van der Waals surface area contributed by atoms with Gasteiger partial charge in [0, 0.05) is 13.0 Å². The molecule has 1 N–H and O–H groups in total. The van der Waals surface area contributed by atoms with Crippen molar-refractivity contribution in [3.8, 4) is 0 Å². The summed E-state index contributed by atoms with van der Waals surface area (Å²) < 4.78 is 5.35. The van der Waals surface area contributed by atoms with Crippen molar-refractivity contribution < 1.29 is 9.84 Å². The van der Waals surface area contributed by atoms with Crippen LogP contribution in [0, 0.1) is 5.92 Å². The maximum Gasteiger partial charge on any atom is 0.0930 e.